The second-order valence-electron chi connectivity index (χ2n) is 12.1. The van der Waals surface area contributed by atoms with Crippen molar-refractivity contribution in [3.05, 3.63) is 59.9 Å². The van der Waals surface area contributed by atoms with Gasteiger partial charge in [-0.2, -0.15) is 0 Å². The highest BCUT2D eigenvalue weighted by Gasteiger charge is 2.88. The summed E-state index contributed by atoms with van der Waals surface area (Å²) in [6.45, 7) is 2.54. The number of hydrogen-bond donors (Lipinski definition) is 2. The van der Waals surface area contributed by atoms with Crippen LogP contribution in [0.25, 0.3) is 0 Å². The van der Waals surface area contributed by atoms with Crippen molar-refractivity contribution in [2.45, 2.75) is 63.6 Å². The molecule has 0 radical (unpaired) electrons. The third-order valence-corrected chi connectivity index (χ3v) is 12.0. The van der Waals surface area contributed by atoms with Crippen LogP contribution in [-0.4, -0.2) is 29.0 Å². The average Bonchev–Trinajstić information content (AvgIpc) is 3.36. The number of hydrogen-bond acceptors (Lipinski definition) is 3. The van der Waals surface area contributed by atoms with E-state index in [1.807, 2.05) is 6.08 Å². The maximum absolute atomic E-state index is 12.6. The molecule has 0 aromatic heterocycles. The number of allylic oxidation sites excluding steroid dienone is 2. The number of ether oxygens (including phenoxy) is 1. The lowest BCUT2D eigenvalue weighted by Gasteiger charge is -2.63. The first kappa shape index (κ1) is 19.9. The van der Waals surface area contributed by atoms with Gasteiger partial charge < -0.3 is 14.9 Å². The van der Waals surface area contributed by atoms with Crippen molar-refractivity contribution in [1.82, 2.24) is 0 Å². The fraction of sp³-hybridized carbons (Fsp3) is 0.655. The van der Waals surface area contributed by atoms with Crippen molar-refractivity contribution < 1.29 is 14.9 Å². The zero-order chi connectivity index (χ0) is 21.9. The summed E-state index contributed by atoms with van der Waals surface area (Å²) >= 11 is 0. The minimum atomic E-state index is -0.988. The van der Waals surface area contributed by atoms with Gasteiger partial charge in [0, 0.05) is 12.5 Å². The summed E-state index contributed by atoms with van der Waals surface area (Å²) in [4.78, 5) is 0. The number of rotatable bonds is 3. The van der Waals surface area contributed by atoms with E-state index in [-0.39, 0.29) is 22.2 Å². The molecule has 7 rings (SSSR count). The lowest BCUT2D eigenvalue weighted by molar-refractivity contribution is -0.227. The Morgan fingerprint density at radius 3 is 2.69 bits per heavy atom. The first-order chi connectivity index (χ1) is 15.4. The Morgan fingerprint density at radius 1 is 1.12 bits per heavy atom. The van der Waals surface area contributed by atoms with Crippen molar-refractivity contribution in [2.24, 2.45) is 45.8 Å². The van der Waals surface area contributed by atoms with Crippen LogP contribution in [0, 0.1) is 45.8 Å². The van der Waals surface area contributed by atoms with E-state index < -0.39 is 11.7 Å². The minimum Gasteiger partial charge on any atom is -0.512 e. The molecule has 3 heteroatoms. The minimum absolute atomic E-state index is 0.0287. The predicted octanol–water partition coefficient (Wildman–Crippen LogP) is 5.46. The highest BCUT2D eigenvalue weighted by molar-refractivity contribution is 5.44. The summed E-state index contributed by atoms with van der Waals surface area (Å²) < 4.78 is 5.89. The standard InChI is InChI=1S/C29H36O3/c1-26-22-16-20-11-14-27(26)13-10-19(15-18-7-4-3-5-8-18)21(27)9-6-12-28(20,26)29(31)24(32-2)17-23(30)25(22)29/h3-9,17,19-22,24-25,30-31H,10-16H2,1-2H3. The molecule has 170 valence electrons. The molecule has 6 aliphatic rings. The molecule has 4 saturated carbocycles. The molecule has 0 amide bonds. The van der Waals surface area contributed by atoms with Gasteiger partial charge in [0.2, 0.25) is 0 Å². The van der Waals surface area contributed by atoms with Crippen molar-refractivity contribution >= 4 is 0 Å². The maximum atomic E-state index is 12.6. The largest absolute Gasteiger partial charge is 0.512 e. The van der Waals surface area contributed by atoms with Crippen LogP contribution in [0.1, 0.15) is 51.0 Å². The van der Waals surface area contributed by atoms with Crippen LogP contribution in [0.15, 0.2) is 54.3 Å². The SMILES string of the molecule is COC1C=C(O)C2C3CC4CCC56CCC(Cc7ccccc7)C5C=CCC4(C12O)C36C. The molecule has 1 aromatic carbocycles. The van der Waals surface area contributed by atoms with E-state index in [0.29, 0.717) is 29.4 Å². The zero-order valence-corrected chi connectivity index (χ0v) is 19.3. The summed E-state index contributed by atoms with van der Waals surface area (Å²) in [5.41, 5.74) is 0.502. The van der Waals surface area contributed by atoms with Gasteiger partial charge in [0.1, 0.15) is 11.7 Å². The van der Waals surface area contributed by atoms with E-state index in [4.69, 9.17) is 4.74 Å². The summed E-state index contributed by atoms with van der Waals surface area (Å²) in [6.07, 6.45) is 14.7. The van der Waals surface area contributed by atoms with E-state index in [9.17, 15) is 10.2 Å². The molecule has 3 nitrogen and oxygen atoms in total. The lowest BCUT2D eigenvalue weighted by Crippen LogP contribution is -2.65. The number of aliphatic hydroxyl groups excluding tert-OH is 1. The van der Waals surface area contributed by atoms with Gasteiger partial charge in [-0.1, -0.05) is 49.4 Å². The maximum Gasteiger partial charge on any atom is 0.111 e. The van der Waals surface area contributed by atoms with Gasteiger partial charge in [-0.3, -0.25) is 0 Å². The molecule has 0 heterocycles. The molecule has 4 fully saturated rings. The van der Waals surface area contributed by atoms with Gasteiger partial charge in [0.05, 0.1) is 11.7 Å². The van der Waals surface area contributed by atoms with Crippen LogP contribution in [0.2, 0.25) is 0 Å². The van der Waals surface area contributed by atoms with E-state index in [0.717, 1.165) is 19.3 Å². The van der Waals surface area contributed by atoms with Crippen molar-refractivity contribution in [3.63, 3.8) is 0 Å². The number of benzene rings is 1. The summed E-state index contributed by atoms with van der Waals surface area (Å²) in [6, 6.07) is 11.0. The van der Waals surface area contributed by atoms with Gasteiger partial charge in [-0.25, -0.2) is 0 Å². The third-order valence-electron chi connectivity index (χ3n) is 12.0. The first-order valence-electron chi connectivity index (χ1n) is 12.8. The Kier molecular flexibility index (Phi) is 3.78. The smallest absolute Gasteiger partial charge is 0.111 e. The van der Waals surface area contributed by atoms with Crippen LogP contribution < -0.4 is 0 Å². The molecular weight excluding hydrogens is 396 g/mol. The Morgan fingerprint density at radius 2 is 1.91 bits per heavy atom. The number of aliphatic hydroxyl groups is 2. The second kappa shape index (κ2) is 6.10. The zero-order valence-electron chi connectivity index (χ0n) is 19.3. The Labute approximate surface area is 191 Å². The van der Waals surface area contributed by atoms with Crippen LogP contribution in [0.4, 0.5) is 0 Å². The van der Waals surface area contributed by atoms with Gasteiger partial charge in [0.25, 0.3) is 0 Å². The fourth-order valence-electron chi connectivity index (χ4n) is 11.2. The molecule has 0 aliphatic heterocycles. The highest BCUT2D eigenvalue weighted by atomic mass is 16.5. The summed E-state index contributed by atoms with van der Waals surface area (Å²) in [5.74, 6) is 2.32. The monoisotopic (exact) mass is 432 g/mol. The Balaban J connectivity index is 1.38. The predicted molar refractivity (Wildman–Crippen MR) is 124 cm³/mol. The van der Waals surface area contributed by atoms with Crippen molar-refractivity contribution in [1.29, 1.82) is 0 Å². The van der Waals surface area contributed by atoms with Gasteiger partial charge >= 0.3 is 0 Å². The summed E-state index contributed by atoms with van der Waals surface area (Å²) in [5, 5.41) is 23.7. The molecule has 1 aromatic rings. The topological polar surface area (TPSA) is 49.7 Å². The highest BCUT2D eigenvalue weighted by Crippen LogP contribution is 2.88. The third kappa shape index (κ3) is 1.82. The van der Waals surface area contributed by atoms with Crippen LogP contribution >= 0.6 is 0 Å². The Bertz CT molecular complexity index is 1010. The normalized spacial score (nSPS) is 54.3. The van der Waals surface area contributed by atoms with Crippen LogP contribution in [0.3, 0.4) is 0 Å². The molecule has 32 heavy (non-hydrogen) atoms. The van der Waals surface area contributed by atoms with Crippen LogP contribution in [0.5, 0.6) is 0 Å². The van der Waals surface area contributed by atoms with E-state index >= 15 is 0 Å². The second-order valence-corrected chi connectivity index (χ2v) is 12.1. The number of fused-ring (bicyclic) bond motifs is 2. The van der Waals surface area contributed by atoms with E-state index in [1.54, 1.807) is 7.11 Å². The molecule has 2 N–H and O–H groups in total. The van der Waals surface area contributed by atoms with Crippen LogP contribution in [-0.2, 0) is 11.2 Å². The quantitative estimate of drug-likeness (QED) is 0.624. The molecule has 0 saturated heterocycles. The van der Waals surface area contributed by atoms with E-state index in [1.165, 1.54) is 31.2 Å². The molecular formula is C29H36O3. The molecule has 1 spiro atoms. The molecule has 10 atom stereocenters. The Hall–Kier alpha value is -1.58. The fourth-order valence-corrected chi connectivity index (χ4v) is 11.2. The summed E-state index contributed by atoms with van der Waals surface area (Å²) in [7, 11) is 1.70. The lowest BCUT2D eigenvalue weighted by atomic mass is 9.41. The molecule has 5 bridgehead atoms. The van der Waals surface area contributed by atoms with E-state index in [2.05, 4.69) is 49.4 Å². The van der Waals surface area contributed by atoms with Crippen molar-refractivity contribution in [2.75, 3.05) is 7.11 Å². The van der Waals surface area contributed by atoms with Gasteiger partial charge in [0.15, 0.2) is 0 Å². The molecule has 6 aliphatic carbocycles. The van der Waals surface area contributed by atoms with Crippen molar-refractivity contribution in [3.8, 4) is 0 Å². The van der Waals surface area contributed by atoms with Gasteiger partial charge in [-0.05, 0) is 91.1 Å². The van der Waals surface area contributed by atoms with Gasteiger partial charge in [-0.15, -0.1) is 0 Å². The molecule has 10 unspecified atom stereocenters. The average molecular weight is 433 g/mol. The number of methoxy groups -OCH3 is 1. The first-order valence-corrected chi connectivity index (χ1v) is 12.8.